The van der Waals surface area contributed by atoms with Crippen LogP contribution in [0.4, 0.5) is 11.4 Å². The molecule has 3 heterocycles. The van der Waals surface area contributed by atoms with Gasteiger partial charge >= 0.3 is 0 Å². The van der Waals surface area contributed by atoms with Crippen molar-refractivity contribution in [1.29, 1.82) is 0 Å². The van der Waals surface area contributed by atoms with Crippen LogP contribution in [0, 0.1) is 31.2 Å². The highest BCUT2D eigenvalue weighted by Crippen LogP contribution is 2.76. The molecule has 2 unspecified atom stereocenters. The van der Waals surface area contributed by atoms with E-state index in [4.69, 9.17) is 11.3 Å². The Balaban J connectivity index is 1.61. The van der Waals surface area contributed by atoms with Gasteiger partial charge < -0.3 is 9.84 Å². The number of anilines is 1. The Labute approximate surface area is 145 Å². The second kappa shape index (κ2) is 3.95. The fraction of sp³-hybridized carbons (Fsp3) is 0.526. The zero-order chi connectivity index (χ0) is 17.9. The Kier molecular flexibility index (Phi) is 2.38. The van der Waals surface area contributed by atoms with E-state index in [-0.39, 0.29) is 17.7 Å². The summed E-state index contributed by atoms with van der Waals surface area (Å²) in [6, 6.07) is 4.97. The van der Waals surface area contributed by atoms with Gasteiger partial charge in [0.2, 0.25) is 11.8 Å². The summed E-state index contributed by atoms with van der Waals surface area (Å²) in [6.45, 7) is 12.6. The third kappa shape index (κ3) is 1.37. The van der Waals surface area contributed by atoms with Gasteiger partial charge in [0.25, 0.3) is 0 Å². The molecule has 4 fully saturated rings. The van der Waals surface area contributed by atoms with Crippen molar-refractivity contribution in [3.05, 3.63) is 35.2 Å². The summed E-state index contributed by atoms with van der Waals surface area (Å²) in [5.74, 6) is -1.87. The van der Waals surface area contributed by atoms with E-state index in [0.29, 0.717) is 17.8 Å². The monoisotopic (exact) mass is 338 g/mol. The summed E-state index contributed by atoms with van der Waals surface area (Å²) in [6.07, 6.45) is 0.590. The number of hydrogen-bond donors (Lipinski definition) is 1. The van der Waals surface area contributed by atoms with Crippen LogP contribution in [0.5, 0.6) is 0 Å². The second-order valence-corrected chi connectivity index (χ2v) is 8.12. The molecule has 2 amide bonds. The summed E-state index contributed by atoms with van der Waals surface area (Å²) in [5, 5.41) is 10.9. The number of aryl methyl sites for hydroxylation is 1. The Bertz CT molecular complexity index is 920. The van der Waals surface area contributed by atoms with Crippen LogP contribution in [0.15, 0.2) is 18.2 Å². The van der Waals surface area contributed by atoms with Gasteiger partial charge in [0.1, 0.15) is 11.2 Å². The van der Waals surface area contributed by atoms with Crippen molar-refractivity contribution in [2.75, 3.05) is 4.90 Å². The molecule has 128 valence electrons. The van der Waals surface area contributed by atoms with Gasteiger partial charge in [-0.2, -0.15) is 0 Å². The van der Waals surface area contributed by atoms with E-state index in [2.05, 4.69) is 4.85 Å². The molecule has 6 atom stereocenters. The number of ether oxygens (including phenoxy) is 1. The van der Waals surface area contributed by atoms with Crippen molar-refractivity contribution in [1.82, 2.24) is 0 Å². The molecule has 6 heteroatoms. The predicted molar refractivity (Wildman–Crippen MR) is 87.9 cm³/mol. The molecule has 3 saturated heterocycles. The average molecular weight is 338 g/mol. The van der Waals surface area contributed by atoms with Gasteiger partial charge in [-0.25, -0.2) is 9.74 Å². The number of imide groups is 1. The molecular formula is C19H18N2O4. The van der Waals surface area contributed by atoms with Crippen molar-refractivity contribution < 1.29 is 19.4 Å². The van der Waals surface area contributed by atoms with Crippen LogP contribution in [0.2, 0.25) is 0 Å². The van der Waals surface area contributed by atoms with Crippen molar-refractivity contribution >= 4 is 23.2 Å². The fourth-order valence-electron chi connectivity index (χ4n) is 5.67. The van der Waals surface area contributed by atoms with Crippen LogP contribution in [0.25, 0.3) is 4.85 Å². The van der Waals surface area contributed by atoms with E-state index in [0.717, 1.165) is 5.56 Å². The van der Waals surface area contributed by atoms with Gasteiger partial charge in [-0.15, -0.1) is 0 Å². The van der Waals surface area contributed by atoms with E-state index in [1.165, 1.54) is 4.90 Å². The number of aliphatic hydroxyl groups is 1. The van der Waals surface area contributed by atoms with Crippen molar-refractivity contribution in [2.45, 2.75) is 44.0 Å². The minimum Gasteiger partial charge on any atom is -0.386 e. The Morgan fingerprint density at radius 1 is 1.28 bits per heavy atom. The first kappa shape index (κ1) is 15.1. The predicted octanol–water partition coefficient (Wildman–Crippen LogP) is 1.96. The largest absolute Gasteiger partial charge is 0.386 e. The molecule has 1 N–H and O–H groups in total. The lowest BCUT2D eigenvalue weighted by molar-refractivity contribution is -0.141. The SMILES string of the molecule is [C-]#[N+]c1ccc(N2C(=O)[C@@H]3[C@H](C2=O)C2(C)OC3(C)[C@@]3(O)C[C@@H]23)cc1C. The Morgan fingerprint density at radius 2 is 1.96 bits per heavy atom. The molecule has 4 aliphatic rings. The number of amides is 2. The maximum atomic E-state index is 13.2. The first-order valence-electron chi connectivity index (χ1n) is 8.47. The highest BCUT2D eigenvalue weighted by molar-refractivity contribution is 6.23. The summed E-state index contributed by atoms with van der Waals surface area (Å²) in [4.78, 5) is 31.0. The zero-order valence-corrected chi connectivity index (χ0v) is 14.2. The molecule has 5 rings (SSSR count). The highest BCUT2D eigenvalue weighted by Gasteiger charge is 2.90. The molecule has 3 aliphatic heterocycles. The number of carbonyl (C=O) groups is 2. The van der Waals surface area contributed by atoms with Gasteiger partial charge in [-0.3, -0.25) is 9.59 Å². The second-order valence-electron chi connectivity index (χ2n) is 8.12. The number of fused-ring (bicyclic) bond motifs is 8. The van der Waals surface area contributed by atoms with Gasteiger partial charge in [-0.05, 0) is 44.9 Å². The van der Waals surface area contributed by atoms with Gasteiger partial charge in [0, 0.05) is 11.6 Å². The normalized spacial score (nSPS) is 46.2. The quantitative estimate of drug-likeness (QED) is 0.628. The maximum absolute atomic E-state index is 13.2. The minimum atomic E-state index is -1.01. The molecule has 1 aromatic carbocycles. The molecule has 6 nitrogen and oxygen atoms in total. The van der Waals surface area contributed by atoms with Crippen LogP contribution in [0.3, 0.4) is 0 Å². The summed E-state index contributed by atoms with van der Waals surface area (Å²) >= 11 is 0. The van der Waals surface area contributed by atoms with Gasteiger partial charge in [0.15, 0.2) is 5.69 Å². The van der Waals surface area contributed by atoms with Crippen LogP contribution in [0.1, 0.15) is 25.8 Å². The Morgan fingerprint density at radius 3 is 2.60 bits per heavy atom. The molecule has 0 radical (unpaired) electrons. The molecular weight excluding hydrogens is 320 g/mol. The molecule has 1 aromatic rings. The number of benzene rings is 1. The smallest absolute Gasteiger partial charge is 0.240 e. The first-order chi connectivity index (χ1) is 11.7. The first-order valence-corrected chi connectivity index (χ1v) is 8.47. The molecule has 1 saturated carbocycles. The zero-order valence-electron chi connectivity index (χ0n) is 14.2. The number of hydrogen-bond acceptors (Lipinski definition) is 4. The highest BCUT2D eigenvalue weighted by atomic mass is 16.6. The molecule has 2 bridgehead atoms. The number of carbonyl (C=O) groups excluding carboxylic acids is 2. The lowest BCUT2D eigenvalue weighted by atomic mass is 9.67. The lowest BCUT2D eigenvalue weighted by Gasteiger charge is -2.32. The number of rotatable bonds is 1. The van der Waals surface area contributed by atoms with Crippen LogP contribution >= 0.6 is 0 Å². The Hall–Kier alpha value is -2.23. The fourth-order valence-corrected chi connectivity index (χ4v) is 5.67. The van der Waals surface area contributed by atoms with E-state index >= 15 is 0 Å². The molecule has 0 spiro atoms. The van der Waals surface area contributed by atoms with Gasteiger partial charge in [0.05, 0.1) is 24.0 Å². The summed E-state index contributed by atoms with van der Waals surface area (Å²) < 4.78 is 6.11. The van der Waals surface area contributed by atoms with Crippen LogP contribution in [-0.2, 0) is 14.3 Å². The van der Waals surface area contributed by atoms with E-state index in [1.54, 1.807) is 32.0 Å². The maximum Gasteiger partial charge on any atom is 0.240 e. The van der Waals surface area contributed by atoms with Gasteiger partial charge in [-0.1, -0.05) is 6.07 Å². The van der Waals surface area contributed by atoms with E-state index < -0.39 is 28.6 Å². The number of nitrogens with zero attached hydrogens (tertiary/aromatic N) is 2. The molecule has 1 aliphatic carbocycles. The topological polar surface area (TPSA) is 71.2 Å². The van der Waals surface area contributed by atoms with Crippen molar-refractivity contribution in [3.8, 4) is 0 Å². The average Bonchev–Trinajstić information content (AvgIpc) is 3.05. The van der Waals surface area contributed by atoms with Crippen molar-refractivity contribution in [3.63, 3.8) is 0 Å². The summed E-state index contributed by atoms with van der Waals surface area (Å²) in [7, 11) is 0. The van der Waals surface area contributed by atoms with Crippen molar-refractivity contribution in [2.24, 2.45) is 17.8 Å². The van der Waals surface area contributed by atoms with E-state index in [9.17, 15) is 14.7 Å². The third-order valence-electron chi connectivity index (χ3n) is 6.99. The van der Waals surface area contributed by atoms with Crippen LogP contribution in [-0.4, -0.2) is 33.7 Å². The third-order valence-corrected chi connectivity index (χ3v) is 6.99. The summed E-state index contributed by atoms with van der Waals surface area (Å²) in [5.41, 5.74) is -1.09. The lowest BCUT2D eigenvalue weighted by Crippen LogP contribution is -2.51. The molecule has 0 aromatic heterocycles. The molecule has 25 heavy (non-hydrogen) atoms. The standard InChI is InChI=1S/C19H18N2O4/c1-9-7-10(5-6-11(9)20-4)21-15(22)13-14(16(21)23)18(3)19(24)8-12(19)17(13,2)25-18/h5-7,12-14,24H,8H2,1-3H3/t12-,13+,14-,17?,18?,19+/m0/s1. The van der Waals surface area contributed by atoms with Crippen LogP contribution < -0.4 is 4.90 Å². The van der Waals surface area contributed by atoms with E-state index in [1.807, 2.05) is 6.92 Å². The minimum absolute atomic E-state index is 0.0887.